The third-order valence-corrected chi connectivity index (χ3v) is 8.71. The van der Waals surface area contributed by atoms with Gasteiger partial charge in [-0.3, -0.25) is 9.52 Å². The van der Waals surface area contributed by atoms with E-state index in [0.29, 0.717) is 30.1 Å². The SMILES string of the molecule is O=C1/C(=C/c2ccccc2)C=C(c2ccc(Cl)cc2)N1CCc1ccc(S(=O)(=O)NC(=S)NCc2ccccc2)cc1. The summed E-state index contributed by atoms with van der Waals surface area (Å²) in [5.41, 5.74) is 5.08. The molecule has 4 aromatic rings. The molecule has 0 fully saturated rings. The van der Waals surface area contributed by atoms with E-state index in [9.17, 15) is 13.2 Å². The van der Waals surface area contributed by atoms with Gasteiger partial charge in [-0.2, -0.15) is 0 Å². The normalized spacial score (nSPS) is 14.1. The van der Waals surface area contributed by atoms with Crippen molar-refractivity contribution in [1.29, 1.82) is 0 Å². The molecule has 2 N–H and O–H groups in total. The first-order valence-corrected chi connectivity index (χ1v) is 15.6. The predicted octanol–water partition coefficient (Wildman–Crippen LogP) is 6.20. The van der Waals surface area contributed by atoms with Gasteiger partial charge < -0.3 is 10.2 Å². The number of thiocarbonyl (C=S) groups is 1. The number of benzene rings is 4. The van der Waals surface area contributed by atoms with Crippen LogP contribution in [0.15, 0.2) is 126 Å². The van der Waals surface area contributed by atoms with Crippen LogP contribution in [-0.2, 0) is 27.8 Å². The van der Waals surface area contributed by atoms with Gasteiger partial charge in [0.05, 0.1) is 10.6 Å². The van der Waals surface area contributed by atoms with Gasteiger partial charge >= 0.3 is 0 Å². The first kappa shape index (κ1) is 29.3. The molecule has 0 spiro atoms. The summed E-state index contributed by atoms with van der Waals surface area (Å²) in [6, 6.07) is 33.2. The van der Waals surface area contributed by atoms with E-state index >= 15 is 0 Å². The van der Waals surface area contributed by atoms with Gasteiger partial charge in [0, 0.05) is 23.7 Å². The Morgan fingerprint density at radius 1 is 0.833 bits per heavy atom. The second-order valence-corrected chi connectivity index (χ2v) is 12.2. The van der Waals surface area contributed by atoms with Crippen molar-refractivity contribution < 1.29 is 13.2 Å². The second-order valence-electron chi connectivity index (χ2n) is 9.67. The van der Waals surface area contributed by atoms with Crippen LogP contribution in [0.1, 0.15) is 22.3 Å². The van der Waals surface area contributed by atoms with Crippen molar-refractivity contribution in [1.82, 2.24) is 14.9 Å². The Morgan fingerprint density at radius 3 is 2.14 bits per heavy atom. The predicted molar refractivity (Wildman–Crippen MR) is 172 cm³/mol. The lowest BCUT2D eigenvalue weighted by Gasteiger charge is -2.21. The molecule has 6 nitrogen and oxygen atoms in total. The van der Waals surface area contributed by atoms with E-state index in [1.165, 1.54) is 0 Å². The molecule has 0 saturated carbocycles. The number of carbonyl (C=O) groups excluding carboxylic acids is 1. The van der Waals surface area contributed by atoms with Crippen LogP contribution in [0.5, 0.6) is 0 Å². The summed E-state index contributed by atoms with van der Waals surface area (Å²) in [5.74, 6) is -0.0938. The zero-order valence-corrected chi connectivity index (χ0v) is 24.9. The Labute approximate surface area is 256 Å². The van der Waals surface area contributed by atoms with E-state index in [4.69, 9.17) is 23.8 Å². The van der Waals surface area contributed by atoms with Crippen molar-refractivity contribution in [2.75, 3.05) is 6.54 Å². The molecular formula is C33H28ClN3O3S2. The summed E-state index contributed by atoms with van der Waals surface area (Å²) < 4.78 is 28.2. The van der Waals surface area contributed by atoms with E-state index in [-0.39, 0.29) is 15.9 Å². The topological polar surface area (TPSA) is 78.5 Å². The van der Waals surface area contributed by atoms with Crippen LogP contribution in [0, 0.1) is 0 Å². The third-order valence-electron chi connectivity index (χ3n) is 6.72. The number of halogens is 1. The number of carbonyl (C=O) groups is 1. The largest absolute Gasteiger partial charge is 0.358 e. The fraction of sp³-hybridized carbons (Fsp3) is 0.0909. The quantitative estimate of drug-likeness (QED) is 0.174. The summed E-state index contributed by atoms with van der Waals surface area (Å²) in [7, 11) is -3.85. The maximum Gasteiger partial charge on any atom is 0.263 e. The molecule has 5 rings (SSSR count). The first-order chi connectivity index (χ1) is 20.3. The summed E-state index contributed by atoms with van der Waals surface area (Å²) in [5, 5.41) is 3.56. The summed E-state index contributed by atoms with van der Waals surface area (Å²) in [6.07, 6.45) is 4.30. The monoisotopic (exact) mass is 613 g/mol. The molecule has 9 heteroatoms. The molecule has 1 aliphatic rings. The molecule has 0 aromatic heterocycles. The lowest BCUT2D eigenvalue weighted by Crippen LogP contribution is -2.38. The first-order valence-electron chi connectivity index (χ1n) is 13.3. The number of rotatable bonds is 9. The molecule has 0 atom stereocenters. The van der Waals surface area contributed by atoms with Gasteiger partial charge in [-0.1, -0.05) is 96.5 Å². The van der Waals surface area contributed by atoms with Crippen molar-refractivity contribution >= 4 is 56.6 Å². The zero-order valence-electron chi connectivity index (χ0n) is 22.5. The fourth-order valence-corrected chi connectivity index (χ4v) is 5.99. The lowest BCUT2D eigenvalue weighted by atomic mass is 10.1. The van der Waals surface area contributed by atoms with Gasteiger partial charge in [-0.25, -0.2) is 8.42 Å². The Kier molecular flexibility index (Phi) is 9.17. The average Bonchev–Trinajstić information content (AvgIpc) is 3.30. The van der Waals surface area contributed by atoms with E-state index in [0.717, 1.165) is 28.0 Å². The average molecular weight is 614 g/mol. The Morgan fingerprint density at radius 2 is 1.48 bits per heavy atom. The highest BCUT2D eigenvalue weighted by molar-refractivity contribution is 7.91. The third kappa shape index (κ3) is 7.33. The van der Waals surface area contributed by atoms with Gasteiger partial charge in [-0.05, 0) is 77.3 Å². The number of nitrogens with zero attached hydrogens (tertiary/aromatic N) is 1. The maximum absolute atomic E-state index is 13.5. The van der Waals surface area contributed by atoms with Crippen molar-refractivity contribution in [3.05, 3.63) is 148 Å². The summed E-state index contributed by atoms with van der Waals surface area (Å²) >= 11 is 11.3. The molecule has 42 heavy (non-hydrogen) atoms. The maximum atomic E-state index is 13.5. The highest BCUT2D eigenvalue weighted by atomic mass is 35.5. The van der Waals surface area contributed by atoms with Crippen molar-refractivity contribution in [3.63, 3.8) is 0 Å². The fourth-order valence-electron chi connectivity index (χ4n) is 4.54. The van der Waals surface area contributed by atoms with E-state index < -0.39 is 10.0 Å². The second kappa shape index (κ2) is 13.2. The highest BCUT2D eigenvalue weighted by Crippen LogP contribution is 2.31. The molecule has 1 amide bonds. The number of amides is 1. The van der Waals surface area contributed by atoms with Gasteiger partial charge in [0.2, 0.25) is 0 Å². The molecular weight excluding hydrogens is 586 g/mol. The van der Waals surface area contributed by atoms with Crippen molar-refractivity contribution in [2.45, 2.75) is 17.9 Å². The van der Waals surface area contributed by atoms with Crippen LogP contribution in [0.2, 0.25) is 5.02 Å². The van der Waals surface area contributed by atoms with Crippen LogP contribution in [-0.4, -0.2) is 30.9 Å². The molecule has 212 valence electrons. The minimum Gasteiger partial charge on any atom is -0.358 e. The van der Waals surface area contributed by atoms with E-state index in [1.807, 2.05) is 84.9 Å². The van der Waals surface area contributed by atoms with E-state index in [2.05, 4.69) is 10.0 Å². The van der Waals surface area contributed by atoms with Crippen LogP contribution in [0.25, 0.3) is 11.8 Å². The number of hydrogen-bond donors (Lipinski definition) is 2. The number of nitrogens with one attached hydrogen (secondary N) is 2. The molecule has 1 aliphatic heterocycles. The van der Waals surface area contributed by atoms with Crippen LogP contribution < -0.4 is 10.0 Å². The van der Waals surface area contributed by atoms with Gasteiger partial charge in [-0.15, -0.1) is 0 Å². The molecule has 0 radical (unpaired) electrons. The number of sulfonamides is 1. The smallest absolute Gasteiger partial charge is 0.263 e. The zero-order chi connectivity index (χ0) is 29.5. The molecule has 1 heterocycles. The van der Waals surface area contributed by atoms with E-state index in [1.54, 1.807) is 41.3 Å². The lowest BCUT2D eigenvalue weighted by molar-refractivity contribution is -0.122. The van der Waals surface area contributed by atoms with Crippen molar-refractivity contribution in [3.8, 4) is 0 Å². The van der Waals surface area contributed by atoms with Crippen LogP contribution in [0.3, 0.4) is 0 Å². The minimum absolute atomic E-state index is 0.0244. The Balaban J connectivity index is 1.26. The Bertz CT molecular complexity index is 1740. The van der Waals surface area contributed by atoms with Gasteiger partial charge in [0.15, 0.2) is 5.11 Å². The summed E-state index contributed by atoms with van der Waals surface area (Å²) in [6.45, 7) is 0.822. The van der Waals surface area contributed by atoms with Crippen LogP contribution >= 0.6 is 23.8 Å². The molecule has 0 aliphatic carbocycles. The standard InChI is InChI=1S/C33H28ClN3O3S2/c34-29-15-13-27(14-16-29)31-22-28(21-25-7-3-1-4-8-25)32(38)37(31)20-19-24-11-17-30(18-12-24)42(39,40)36-33(41)35-23-26-9-5-2-6-10-26/h1-18,21-22H,19-20,23H2,(H2,35,36,41)/b28-21+. The molecule has 0 saturated heterocycles. The summed E-state index contributed by atoms with van der Waals surface area (Å²) in [4.78, 5) is 15.3. The van der Waals surface area contributed by atoms with Crippen molar-refractivity contribution in [2.24, 2.45) is 0 Å². The van der Waals surface area contributed by atoms with Gasteiger partial charge in [0.25, 0.3) is 15.9 Å². The van der Waals surface area contributed by atoms with Crippen LogP contribution in [0.4, 0.5) is 0 Å². The van der Waals surface area contributed by atoms with Gasteiger partial charge in [0.1, 0.15) is 0 Å². The Hall–Kier alpha value is -4.24. The highest BCUT2D eigenvalue weighted by Gasteiger charge is 2.28. The molecule has 4 aromatic carbocycles. The minimum atomic E-state index is -3.85. The molecule has 0 bridgehead atoms. The number of hydrogen-bond acceptors (Lipinski definition) is 4. The molecule has 0 unspecified atom stereocenters.